The van der Waals surface area contributed by atoms with E-state index in [4.69, 9.17) is 23.2 Å². The zero-order valence-electron chi connectivity index (χ0n) is 10.1. The van der Waals surface area contributed by atoms with Gasteiger partial charge in [-0.1, -0.05) is 23.2 Å². The van der Waals surface area contributed by atoms with Crippen molar-refractivity contribution in [2.24, 2.45) is 0 Å². The number of rotatable bonds is 4. The summed E-state index contributed by atoms with van der Waals surface area (Å²) in [4.78, 5) is 10.1. The van der Waals surface area contributed by atoms with E-state index in [1.807, 2.05) is 0 Å². The maximum atomic E-state index is 13.0. The Hall–Kier alpha value is -1.85. The Balaban J connectivity index is 2.10. The van der Waals surface area contributed by atoms with Gasteiger partial charge in [0.25, 0.3) is 5.69 Å². The highest BCUT2D eigenvalue weighted by Crippen LogP contribution is 2.24. The number of nitro groups is 1. The van der Waals surface area contributed by atoms with Crippen LogP contribution in [0.2, 0.25) is 10.0 Å². The van der Waals surface area contributed by atoms with Gasteiger partial charge in [0.1, 0.15) is 5.82 Å². The Morgan fingerprint density at radius 2 is 1.90 bits per heavy atom. The van der Waals surface area contributed by atoms with Crippen LogP contribution in [-0.2, 0) is 6.54 Å². The molecule has 0 heterocycles. The second-order valence-electron chi connectivity index (χ2n) is 4.02. The van der Waals surface area contributed by atoms with Gasteiger partial charge in [0, 0.05) is 24.4 Å². The molecule has 0 radical (unpaired) electrons. The smallest absolute Gasteiger partial charge is 0.270 e. The SMILES string of the molecule is O=[N+]([O-])c1ccc(CNc2ccc(F)c(Cl)c2)c(Cl)c1. The van der Waals surface area contributed by atoms with Crippen LogP contribution in [0.3, 0.4) is 0 Å². The minimum atomic E-state index is -0.511. The van der Waals surface area contributed by atoms with Gasteiger partial charge in [0.05, 0.1) is 15.0 Å². The second-order valence-corrected chi connectivity index (χ2v) is 4.83. The van der Waals surface area contributed by atoms with E-state index in [9.17, 15) is 14.5 Å². The fourth-order valence-electron chi connectivity index (χ4n) is 1.60. The first-order chi connectivity index (χ1) is 9.47. The lowest BCUT2D eigenvalue weighted by Gasteiger charge is -2.08. The van der Waals surface area contributed by atoms with Crippen LogP contribution in [0, 0.1) is 15.9 Å². The third kappa shape index (κ3) is 3.37. The van der Waals surface area contributed by atoms with E-state index in [0.717, 1.165) is 0 Å². The molecule has 0 amide bonds. The zero-order chi connectivity index (χ0) is 14.7. The molecule has 0 unspecified atom stereocenters. The fraction of sp³-hybridized carbons (Fsp3) is 0.0769. The number of anilines is 1. The largest absolute Gasteiger partial charge is 0.381 e. The first-order valence-corrected chi connectivity index (χ1v) is 6.34. The quantitative estimate of drug-likeness (QED) is 0.660. The number of nitro benzene ring substituents is 1. The van der Waals surface area contributed by atoms with Crippen molar-refractivity contribution in [1.82, 2.24) is 0 Å². The van der Waals surface area contributed by atoms with Crippen LogP contribution < -0.4 is 5.32 Å². The normalized spacial score (nSPS) is 10.3. The van der Waals surface area contributed by atoms with Gasteiger partial charge in [-0.05, 0) is 29.8 Å². The fourth-order valence-corrected chi connectivity index (χ4v) is 2.02. The molecule has 0 fully saturated rings. The molecular formula is C13H9Cl2FN2O2. The Labute approximate surface area is 124 Å². The molecule has 7 heteroatoms. The van der Waals surface area contributed by atoms with Crippen LogP contribution >= 0.6 is 23.2 Å². The Morgan fingerprint density at radius 1 is 1.15 bits per heavy atom. The predicted octanol–water partition coefficient (Wildman–Crippen LogP) is 4.65. The van der Waals surface area contributed by atoms with Crippen molar-refractivity contribution in [2.45, 2.75) is 6.54 Å². The van der Waals surface area contributed by atoms with E-state index >= 15 is 0 Å². The average Bonchev–Trinajstić information content (AvgIpc) is 2.41. The van der Waals surface area contributed by atoms with E-state index in [0.29, 0.717) is 22.8 Å². The molecule has 0 bridgehead atoms. The summed E-state index contributed by atoms with van der Waals surface area (Å²) < 4.78 is 13.0. The number of hydrogen-bond donors (Lipinski definition) is 1. The molecular weight excluding hydrogens is 306 g/mol. The van der Waals surface area contributed by atoms with Crippen molar-refractivity contribution in [3.63, 3.8) is 0 Å². The maximum absolute atomic E-state index is 13.0. The van der Waals surface area contributed by atoms with Gasteiger partial charge in [0.2, 0.25) is 0 Å². The van der Waals surface area contributed by atoms with Gasteiger partial charge in [-0.15, -0.1) is 0 Å². The molecule has 104 valence electrons. The van der Waals surface area contributed by atoms with Crippen LogP contribution in [0.5, 0.6) is 0 Å². The van der Waals surface area contributed by atoms with Crippen LogP contribution in [0.15, 0.2) is 36.4 Å². The lowest BCUT2D eigenvalue weighted by Crippen LogP contribution is -2.01. The Morgan fingerprint density at radius 3 is 2.50 bits per heavy atom. The molecule has 0 saturated heterocycles. The summed E-state index contributed by atoms with van der Waals surface area (Å²) in [6, 6.07) is 8.48. The van der Waals surface area contributed by atoms with Crippen molar-refractivity contribution < 1.29 is 9.31 Å². The summed E-state index contributed by atoms with van der Waals surface area (Å²) in [6.45, 7) is 0.346. The first kappa shape index (κ1) is 14.6. The van der Waals surface area contributed by atoms with Gasteiger partial charge in [0.15, 0.2) is 0 Å². The topological polar surface area (TPSA) is 55.2 Å². The molecule has 0 saturated carbocycles. The van der Waals surface area contributed by atoms with Crippen LogP contribution in [0.25, 0.3) is 0 Å². The van der Waals surface area contributed by atoms with Crippen molar-refractivity contribution in [1.29, 1.82) is 0 Å². The third-order valence-corrected chi connectivity index (χ3v) is 3.29. The van der Waals surface area contributed by atoms with Gasteiger partial charge < -0.3 is 5.32 Å². The molecule has 0 aliphatic carbocycles. The number of non-ortho nitro benzene ring substituents is 1. The van der Waals surface area contributed by atoms with Crippen LogP contribution in [0.4, 0.5) is 15.8 Å². The van der Waals surface area contributed by atoms with E-state index in [1.165, 1.54) is 24.3 Å². The van der Waals surface area contributed by atoms with Crippen molar-refractivity contribution in [3.8, 4) is 0 Å². The van der Waals surface area contributed by atoms with E-state index < -0.39 is 10.7 Å². The number of nitrogens with one attached hydrogen (secondary N) is 1. The lowest BCUT2D eigenvalue weighted by molar-refractivity contribution is -0.384. The van der Waals surface area contributed by atoms with Crippen molar-refractivity contribution in [2.75, 3.05) is 5.32 Å². The zero-order valence-corrected chi connectivity index (χ0v) is 11.6. The number of hydrogen-bond acceptors (Lipinski definition) is 3. The molecule has 0 aromatic heterocycles. The van der Waals surface area contributed by atoms with Gasteiger partial charge in [-0.3, -0.25) is 10.1 Å². The molecule has 4 nitrogen and oxygen atoms in total. The summed E-state index contributed by atoms with van der Waals surface area (Å²) in [5, 5.41) is 13.9. The second kappa shape index (κ2) is 6.07. The average molecular weight is 315 g/mol. The molecule has 1 N–H and O–H groups in total. The van der Waals surface area contributed by atoms with Crippen LogP contribution in [-0.4, -0.2) is 4.92 Å². The Bertz CT molecular complexity index is 665. The standard InChI is InChI=1S/C13H9Cl2FN2O2/c14-11-6-10(18(19)20)3-1-8(11)7-17-9-2-4-13(16)12(15)5-9/h1-6,17H,7H2. The van der Waals surface area contributed by atoms with Crippen molar-refractivity contribution in [3.05, 3.63) is 67.9 Å². The molecule has 0 spiro atoms. The summed E-state index contributed by atoms with van der Waals surface area (Å²) >= 11 is 11.6. The Kier molecular flexibility index (Phi) is 4.42. The summed E-state index contributed by atoms with van der Waals surface area (Å²) in [6.07, 6.45) is 0. The minimum absolute atomic E-state index is 0.0183. The van der Waals surface area contributed by atoms with E-state index in [2.05, 4.69) is 5.32 Å². The van der Waals surface area contributed by atoms with E-state index in [-0.39, 0.29) is 10.7 Å². The molecule has 0 aliphatic rings. The number of nitrogens with zero attached hydrogens (tertiary/aromatic N) is 1. The predicted molar refractivity (Wildman–Crippen MR) is 76.8 cm³/mol. The molecule has 20 heavy (non-hydrogen) atoms. The number of benzene rings is 2. The molecule has 2 aromatic rings. The summed E-state index contributed by atoms with van der Waals surface area (Å²) in [5.41, 5.74) is 1.26. The molecule has 2 aromatic carbocycles. The monoisotopic (exact) mass is 314 g/mol. The highest BCUT2D eigenvalue weighted by Gasteiger charge is 2.09. The van der Waals surface area contributed by atoms with Gasteiger partial charge in [-0.25, -0.2) is 4.39 Å². The first-order valence-electron chi connectivity index (χ1n) is 5.59. The molecule has 0 aliphatic heterocycles. The van der Waals surface area contributed by atoms with Crippen molar-refractivity contribution >= 4 is 34.6 Å². The lowest BCUT2D eigenvalue weighted by atomic mass is 10.2. The highest BCUT2D eigenvalue weighted by molar-refractivity contribution is 6.31. The van der Waals surface area contributed by atoms with E-state index in [1.54, 1.807) is 12.1 Å². The van der Waals surface area contributed by atoms with Gasteiger partial charge in [-0.2, -0.15) is 0 Å². The third-order valence-electron chi connectivity index (χ3n) is 2.65. The minimum Gasteiger partial charge on any atom is -0.381 e. The highest BCUT2D eigenvalue weighted by atomic mass is 35.5. The molecule has 0 atom stereocenters. The summed E-state index contributed by atoms with van der Waals surface area (Å²) in [7, 11) is 0. The van der Waals surface area contributed by atoms with Crippen LogP contribution in [0.1, 0.15) is 5.56 Å². The number of halogens is 3. The maximum Gasteiger partial charge on any atom is 0.270 e. The summed E-state index contributed by atoms with van der Waals surface area (Å²) in [5.74, 6) is -0.495. The van der Waals surface area contributed by atoms with Gasteiger partial charge >= 0.3 is 0 Å². The molecule has 2 rings (SSSR count).